The van der Waals surface area contributed by atoms with Crippen molar-refractivity contribution in [1.82, 2.24) is 4.31 Å². The van der Waals surface area contributed by atoms with Gasteiger partial charge in [-0.2, -0.15) is 4.31 Å². The lowest BCUT2D eigenvalue weighted by Gasteiger charge is -2.32. The Labute approximate surface area is 200 Å². The molecule has 0 aromatic heterocycles. The van der Waals surface area contributed by atoms with Gasteiger partial charge in [-0.1, -0.05) is 6.07 Å². The van der Waals surface area contributed by atoms with Crippen LogP contribution in [0.15, 0.2) is 35.2 Å². The van der Waals surface area contributed by atoms with Gasteiger partial charge in [-0.05, 0) is 56.0 Å². The molecule has 1 saturated heterocycles. The minimum absolute atomic E-state index is 0.106. The Morgan fingerprint density at radius 3 is 2.68 bits per heavy atom. The molecule has 2 aromatic carbocycles. The number of fused-ring (bicyclic) bond motifs is 1. The van der Waals surface area contributed by atoms with Crippen LogP contribution >= 0.6 is 0 Å². The van der Waals surface area contributed by atoms with Gasteiger partial charge in [0.05, 0.1) is 16.5 Å². The number of anilines is 3. The van der Waals surface area contributed by atoms with Gasteiger partial charge in [0, 0.05) is 44.6 Å². The summed E-state index contributed by atoms with van der Waals surface area (Å²) in [6.07, 6.45) is 1.20. The van der Waals surface area contributed by atoms with Gasteiger partial charge in [0.2, 0.25) is 15.9 Å². The Balaban J connectivity index is 1.52. The van der Waals surface area contributed by atoms with Gasteiger partial charge >= 0.3 is 0 Å². The van der Waals surface area contributed by atoms with E-state index in [9.17, 15) is 18.0 Å². The van der Waals surface area contributed by atoms with E-state index in [0.29, 0.717) is 42.1 Å². The molecule has 2 aromatic rings. The third-order valence-corrected chi connectivity index (χ3v) is 8.25. The maximum Gasteiger partial charge on any atom is 0.262 e. The Hall–Kier alpha value is -3.11. The molecule has 1 fully saturated rings. The van der Waals surface area contributed by atoms with Crippen molar-refractivity contribution < 1.29 is 22.7 Å². The quantitative estimate of drug-likeness (QED) is 0.673. The number of nitrogens with zero attached hydrogens (tertiary/aromatic N) is 2. The SMILES string of the molecule is Cc1ccc(NC(=O)[C@H]2CCCN(S(=O)(=O)c3cc4c(cc3C)NC(=O)CO4)C2)cc1N(C)C. The van der Waals surface area contributed by atoms with Crippen LogP contribution in [-0.2, 0) is 19.6 Å². The zero-order valence-corrected chi connectivity index (χ0v) is 20.7. The van der Waals surface area contributed by atoms with E-state index in [-0.39, 0.29) is 29.9 Å². The number of carbonyl (C=O) groups excluding carboxylic acids is 2. The van der Waals surface area contributed by atoms with Crippen LogP contribution in [0, 0.1) is 19.8 Å². The molecule has 0 spiro atoms. The highest BCUT2D eigenvalue weighted by Crippen LogP contribution is 2.35. The number of carbonyl (C=O) groups is 2. The van der Waals surface area contributed by atoms with Crippen molar-refractivity contribution in [3.63, 3.8) is 0 Å². The lowest BCUT2D eigenvalue weighted by Crippen LogP contribution is -2.43. The minimum Gasteiger partial charge on any atom is -0.482 e. The average molecular weight is 487 g/mol. The fourth-order valence-electron chi connectivity index (χ4n) is 4.42. The molecule has 182 valence electrons. The third kappa shape index (κ3) is 4.74. The van der Waals surface area contributed by atoms with Crippen LogP contribution in [0.1, 0.15) is 24.0 Å². The number of benzene rings is 2. The molecule has 2 aliphatic rings. The first-order chi connectivity index (χ1) is 16.1. The Morgan fingerprint density at radius 2 is 1.94 bits per heavy atom. The molecule has 0 bridgehead atoms. The summed E-state index contributed by atoms with van der Waals surface area (Å²) in [6.45, 7) is 3.98. The number of hydrogen-bond acceptors (Lipinski definition) is 6. The van der Waals surface area contributed by atoms with E-state index in [0.717, 1.165) is 11.3 Å². The van der Waals surface area contributed by atoms with E-state index in [1.807, 2.05) is 44.1 Å². The summed E-state index contributed by atoms with van der Waals surface area (Å²) in [6, 6.07) is 8.78. The molecule has 4 rings (SSSR count). The number of amides is 2. The number of piperidine rings is 1. The van der Waals surface area contributed by atoms with Gasteiger partial charge in [-0.25, -0.2) is 8.42 Å². The van der Waals surface area contributed by atoms with Crippen molar-refractivity contribution in [3.8, 4) is 5.75 Å². The predicted molar refractivity (Wildman–Crippen MR) is 131 cm³/mol. The van der Waals surface area contributed by atoms with Crippen molar-refractivity contribution in [3.05, 3.63) is 41.5 Å². The molecule has 34 heavy (non-hydrogen) atoms. The van der Waals surface area contributed by atoms with Gasteiger partial charge in [0.1, 0.15) is 5.75 Å². The maximum absolute atomic E-state index is 13.5. The second kappa shape index (κ2) is 9.27. The van der Waals surface area contributed by atoms with E-state index >= 15 is 0 Å². The first kappa shape index (κ1) is 24.0. The molecule has 2 aliphatic heterocycles. The number of ether oxygens (including phenoxy) is 1. The second-order valence-electron chi connectivity index (χ2n) is 9.04. The number of nitrogens with one attached hydrogen (secondary N) is 2. The summed E-state index contributed by atoms with van der Waals surface area (Å²) in [5, 5.41) is 5.65. The molecule has 10 heteroatoms. The monoisotopic (exact) mass is 486 g/mol. The van der Waals surface area contributed by atoms with Crippen LogP contribution in [0.2, 0.25) is 0 Å². The van der Waals surface area contributed by atoms with Gasteiger partial charge in [0.25, 0.3) is 5.91 Å². The van der Waals surface area contributed by atoms with Crippen LogP contribution in [0.25, 0.3) is 0 Å². The Morgan fingerprint density at radius 1 is 1.18 bits per heavy atom. The van der Waals surface area contributed by atoms with Gasteiger partial charge in [-0.3, -0.25) is 9.59 Å². The summed E-state index contributed by atoms with van der Waals surface area (Å²) in [5.41, 5.74) is 3.75. The largest absolute Gasteiger partial charge is 0.482 e. The molecular weight excluding hydrogens is 456 g/mol. The van der Waals surface area contributed by atoms with Crippen LogP contribution < -0.4 is 20.3 Å². The van der Waals surface area contributed by atoms with Crippen LogP contribution in [0.5, 0.6) is 5.75 Å². The number of aryl methyl sites for hydroxylation is 2. The molecule has 2 N–H and O–H groups in total. The summed E-state index contributed by atoms with van der Waals surface area (Å²) in [4.78, 5) is 26.7. The summed E-state index contributed by atoms with van der Waals surface area (Å²) in [7, 11) is 0.0392. The lowest BCUT2D eigenvalue weighted by molar-refractivity contribution is -0.121. The summed E-state index contributed by atoms with van der Waals surface area (Å²) >= 11 is 0. The first-order valence-electron chi connectivity index (χ1n) is 11.2. The molecule has 2 amide bonds. The van der Waals surface area contributed by atoms with E-state index in [2.05, 4.69) is 10.6 Å². The number of hydrogen-bond donors (Lipinski definition) is 2. The van der Waals surface area contributed by atoms with Gasteiger partial charge in [-0.15, -0.1) is 0 Å². The summed E-state index contributed by atoms with van der Waals surface area (Å²) in [5.74, 6) is -0.604. The zero-order valence-electron chi connectivity index (χ0n) is 19.8. The Kier molecular flexibility index (Phi) is 6.55. The zero-order chi connectivity index (χ0) is 24.6. The van der Waals surface area contributed by atoms with Crippen molar-refractivity contribution in [2.75, 3.05) is 49.3 Å². The normalized spacial score (nSPS) is 18.5. The average Bonchev–Trinajstić information content (AvgIpc) is 2.79. The molecule has 2 heterocycles. The molecular formula is C24H30N4O5S. The molecule has 1 atom stereocenters. The third-order valence-electron chi connectivity index (χ3n) is 6.24. The van der Waals surface area contributed by atoms with E-state index in [4.69, 9.17) is 4.74 Å². The Bertz CT molecular complexity index is 1240. The summed E-state index contributed by atoms with van der Waals surface area (Å²) < 4.78 is 33.8. The highest BCUT2D eigenvalue weighted by molar-refractivity contribution is 7.89. The fraction of sp³-hybridized carbons (Fsp3) is 0.417. The van der Waals surface area contributed by atoms with Crippen LogP contribution in [-0.4, -0.2) is 58.3 Å². The molecule has 0 unspecified atom stereocenters. The number of sulfonamides is 1. The highest BCUT2D eigenvalue weighted by Gasteiger charge is 2.35. The van der Waals surface area contributed by atoms with E-state index in [1.54, 1.807) is 13.0 Å². The minimum atomic E-state index is -3.85. The van der Waals surface area contributed by atoms with Crippen LogP contribution in [0.4, 0.5) is 17.1 Å². The van der Waals surface area contributed by atoms with Crippen molar-refractivity contribution >= 4 is 38.9 Å². The van der Waals surface area contributed by atoms with Crippen molar-refractivity contribution in [2.45, 2.75) is 31.6 Å². The molecule has 0 saturated carbocycles. The topological polar surface area (TPSA) is 108 Å². The maximum atomic E-state index is 13.5. The lowest BCUT2D eigenvalue weighted by atomic mass is 9.98. The second-order valence-corrected chi connectivity index (χ2v) is 10.9. The van der Waals surface area contributed by atoms with Crippen molar-refractivity contribution in [1.29, 1.82) is 0 Å². The predicted octanol–water partition coefficient (Wildman–Crippen LogP) is 2.74. The van der Waals surface area contributed by atoms with Gasteiger partial charge < -0.3 is 20.3 Å². The fourth-order valence-corrected chi connectivity index (χ4v) is 6.17. The van der Waals surface area contributed by atoms with Crippen molar-refractivity contribution in [2.24, 2.45) is 5.92 Å². The molecule has 0 radical (unpaired) electrons. The number of rotatable bonds is 5. The standard InChI is InChI=1S/C24H30N4O5S/c1-15-7-8-18(11-20(15)27(3)4)25-24(30)17-6-5-9-28(13-17)34(31,32)22-12-21-19(10-16(22)2)26-23(29)14-33-21/h7-8,10-12,17H,5-6,9,13-14H2,1-4H3,(H,25,30)(H,26,29)/t17-/m0/s1. The highest BCUT2D eigenvalue weighted by atomic mass is 32.2. The van der Waals surface area contributed by atoms with E-state index in [1.165, 1.54) is 10.4 Å². The molecule has 9 nitrogen and oxygen atoms in total. The first-order valence-corrected chi connectivity index (χ1v) is 12.7. The van der Waals surface area contributed by atoms with E-state index < -0.39 is 15.9 Å². The van der Waals surface area contributed by atoms with Gasteiger partial charge in [0.15, 0.2) is 6.61 Å². The smallest absolute Gasteiger partial charge is 0.262 e. The van der Waals surface area contributed by atoms with Crippen LogP contribution in [0.3, 0.4) is 0 Å². The molecule has 0 aliphatic carbocycles.